The molecule has 0 radical (unpaired) electrons. The van der Waals surface area contributed by atoms with Crippen molar-refractivity contribution in [2.24, 2.45) is 0 Å². The topological polar surface area (TPSA) is 9.23 Å². The zero-order valence-electron chi connectivity index (χ0n) is 9.39. The van der Waals surface area contributed by atoms with Gasteiger partial charge in [0.25, 0.3) is 0 Å². The molecule has 0 unspecified atom stereocenters. The number of allylic oxidation sites excluding steroid dienone is 3. The summed E-state index contributed by atoms with van der Waals surface area (Å²) in [5.74, 6) is 0.704. The Kier molecular flexibility index (Phi) is 12.3. The molecule has 0 fully saturated rings. The summed E-state index contributed by atoms with van der Waals surface area (Å²) in [6, 6.07) is 0. The second kappa shape index (κ2) is 11.0. The van der Waals surface area contributed by atoms with Crippen LogP contribution in [-0.2, 0) is 4.74 Å². The van der Waals surface area contributed by atoms with Gasteiger partial charge in [-0.15, -0.1) is 0 Å². The van der Waals surface area contributed by atoms with Crippen LogP contribution < -0.4 is 0 Å². The number of hydrogen-bond donors (Lipinski definition) is 0. The molecular weight excluding hydrogens is 160 g/mol. The van der Waals surface area contributed by atoms with Gasteiger partial charge in [-0.2, -0.15) is 0 Å². The van der Waals surface area contributed by atoms with E-state index in [9.17, 15) is 0 Å². The molecule has 0 N–H and O–H groups in total. The summed E-state index contributed by atoms with van der Waals surface area (Å²) in [7, 11) is 0. The first-order chi connectivity index (χ1) is 6.16. The lowest BCUT2D eigenvalue weighted by Gasteiger charge is -2.01. The van der Waals surface area contributed by atoms with Gasteiger partial charge in [0.05, 0.1) is 6.61 Å². The molecule has 0 rings (SSSR count). The Balaban J connectivity index is 0. The Morgan fingerprint density at radius 2 is 1.77 bits per heavy atom. The maximum atomic E-state index is 5.22. The minimum absolute atomic E-state index is 0.704. The number of rotatable bonds is 5. The fourth-order valence-electron chi connectivity index (χ4n) is 0.516. The van der Waals surface area contributed by atoms with E-state index in [1.54, 1.807) is 0 Å². The fourth-order valence-corrected chi connectivity index (χ4v) is 0.516. The molecule has 76 valence electrons. The summed E-state index contributed by atoms with van der Waals surface area (Å²) in [5.41, 5.74) is 1.01. The smallest absolute Gasteiger partial charge is 0.112 e. The molecule has 0 aliphatic heterocycles. The van der Waals surface area contributed by atoms with Gasteiger partial charge in [-0.1, -0.05) is 45.6 Å². The van der Waals surface area contributed by atoms with Gasteiger partial charge in [-0.05, 0) is 19.4 Å². The largest absolute Gasteiger partial charge is 0.494 e. The molecule has 0 saturated heterocycles. The van der Waals surface area contributed by atoms with E-state index < -0.39 is 0 Å². The highest BCUT2D eigenvalue weighted by atomic mass is 16.5. The third-order valence-corrected chi connectivity index (χ3v) is 1.05. The van der Waals surface area contributed by atoms with Crippen LogP contribution in [0.15, 0.2) is 36.6 Å². The van der Waals surface area contributed by atoms with Gasteiger partial charge in [-0.25, -0.2) is 0 Å². The maximum Gasteiger partial charge on any atom is 0.112 e. The van der Waals surface area contributed by atoms with Crippen LogP contribution in [0.1, 0.15) is 34.1 Å². The minimum atomic E-state index is 0.704. The second-order valence-corrected chi connectivity index (χ2v) is 2.49. The van der Waals surface area contributed by atoms with Crippen LogP contribution >= 0.6 is 0 Å². The minimum Gasteiger partial charge on any atom is -0.494 e. The first kappa shape index (κ1) is 14.5. The van der Waals surface area contributed by atoms with Crippen molar-refractivity contribution in [1.82, 2.24) is 0 Å². The third kappa shape index (κ3) is 13.9. The highest BCUT2D eigenvalue weighted by Crippen LogP contribution is 1.99. The Labute approximate surface area is 82.8 Å². The molecule has 0 atom stereocenters. The molecule has 0 aromatic rings. The van der Waals surface area contributed by atoms with Gasteiger partial charge in [0.15, 0.2) is 0 Å². The first-order valence-corrected chi connectivity index (χ1v) is 4.82. The van der Waals surface area contributed by atoms with Crippen LogP contribution in [0.25, 0.3) is 0 Å². The normalized spacial score (nSPS) is 8.92. The number of ether oxygens (including phenoxy) is 1. The molecule has 0 amide bonds. The highest BCUT2D eigenvalue weighted by Gasteiger charge is 1.85. The lowest BCUT2D eigenvalue weighted by Crippen LogP contribution is -1.88. The van der Waals surface area contributed by atoms with Crippen LogP contribution in [0.3, 0.4) is 0 Å². The molecule has 0 aromatic heterocycles. The van der Waals surface area contributed by atoms with Gasteiger partial charge >= 0.3 is 0 Å². The van der Waals surface area contributed by atoms with Crippen LogP contribution in [0.2, 0.25) is 0 Å². The van der Waals surface area contributed by atoms with Crippen molar-refractivity contribution in [3.05, 3.63) is 36.6 Å². The monoisotopic (exact) mass is 182 g/mol. The van der Waals surface area contributed by atoms with Crippen LogP contribution in [0.5, 0.6) is 0 Å². The van der Waals surface area contributed by atoms with Gasteiger partial charge < -0.3 is 4.74 Å². The van der Waals surface area contributed by atoms with Crippen molar-refractivity contribution in [2.75, 3.05) is 6.61 Å². The van der Waals surface area contributed by atoms with Gasteiger partial charge in [0.2, 0.25) is 0 Å². The Bertz CT molecular complexity index is 166. The molecule has 0 heterocycles. The van der Waals surface area contributed by atoms with E-state index in [4.69, 9.17) is 4.74 Å². The summed E-state index contributed by atoms with van der Waals surface area (Å²) in [6.45, 7) is 16.2. The number of hydrogen-bond acceptors (Lipinski definition) is 1. The van der Waals surface area contributed by atoms with Crippen molar-refractivity contribution < 1.29 is 4.74 Å². The van der Waals surface area contributed by atoms with E-state index in [0.29, 0.717) is 5.76 Å². The quantitative estimate of drug-likeness (QED) is 0.459. The molecule has 1 heteroatoms. The van der Waals surface area contributed by atoms with E-state index in [1.165, 1.54) is 0 Å². The summed E-state index contributed by atoms with van der Waals surface area (Å²) in [6.07, 6.45) is 4.73. The predicted molar refractivity (Wildman–Crippen MR) is 60.7 cm³/mol. The average molecular weight is 182 g/mol. The van der Waals surface area contributed by atoms with Crippen LogP contribution in [-0.4, -0.2) is 6.61 Å². The fraction of sp³-hybridized carbons (Fsp3) is 0.500. The average Bonchev–Trinajstić information content (AvgIpc) is 2.14. The lowest BCUT2D eigenvalue weighted by molar-refractivity contribution is 0.226. The summed E-state index contributed by atoms with van der Waals surface area (Å²) < 4.78 is 5.22. The Morgan fingerprint density at radius 3 is 2.15 bits per heavy atom. The summed E-state index contributed by atoms with van der Waals surface area (Å²) in [4.78, 5) is 0. The van der Waals surface area contributed by atoms with Crippen molar-refractivity contribution in [3.8, 4) is 0 Å². The molecule has 1 nitrogen and oxygen atoms in total. The van der Waals surface area contributed by atoms with E-state index in [-0.39, 0.29) is 0 Å². The van der Waals surface area contributed by atoms with E-state index in [2.05, 4.69) is 20.1 Å². The predicted octanol–water partition coefficient (Wildman–Crippen LogP) is 4.09. The lowest BCUT2D eigenvalue weighted by atomic mass is 10.3. The molecule has 13 heavy (non-hydrogen) atoms. The van der Waals surface area contributed by atoms with Gasteiger partial charge in [-0.3, -0.25) is 0 Å². The molecule has 0 saturated carbocycles. The standard InChI is InChI=1S/C10H16O.C2H6/c1-5-8-11-10(4)7-6-9(2)3;1-2/h6-7H,2,4-5,8H2,1,3H3;1-2H3/b7-6-;. The molecule has 0 bridgehead atoms. The van der Waals surface area contributed by atoms with Crippen molar-refractivity contribution >= 4 is 0 Å². The van der Waals surface area contributed by atoms with Gasteiger partial charge in [0.1, 0.15) is 5.76 Å². The summed E-state index contributed by atoms with van der Waals surface area (Å²) in [5, 5.41) is 0. The van der Waals surface area contributed by atoms with Gasteiger partial charge in [0, 0.05) is 0 Å². The van der Waals surface area contributed by atoms with Crippen LogP contribution in [0.4, 0.5) is 0 Å². The first-order valence-electron chi connectivity index (χ1n) is 4.82. The van der Waals surface area contributed by atoms with E-state index in [0.717, 1.165) is 18.6 Å². The Morgan fingerprint density at radius 1 is 1.23 bits per heavy atom. The molecule has 0 aliphatic rings. The molecule has 0 spiro atoms. The Hall–Kier alpha value is -0.980. The summed E-state index contributed by atoms with van der Waals surface area (Å²) >= 11 is 0. The highest BCUT2D eigenvalue weighted by molar-refractivity contribution is 5.19. The third-order valence-electron chi connectivity index (χ3n) is 1.05. The molecular formula is C12H22O. The van der Waals surface area contributed by atoms with Crippen molar-refractivity contribution in [3.63, 3.8) is 0 Å². The van der Waals surface area contributed by atoms with Crippen LogP contribution in [0, 0.1) is 0 Å². The van der Waals surface area contributed by atoms with Crippen molar-refractivity contribution in [2.45, 2.75) is 34.1 Å². The van der Waals surface area contributed by atoms with E-state index in [1.807, 2.05) is 32.9 Å². The second-order valence-electron chi connectivity index (χ2n) is 2.49. The molecule has 0 aromatic carbocycles. The zero-order chi connectivity index (χ0) is 10.7. The van der Waals surface area contributed by atoms with E-state index >= 15 is 0 Å². The SMILES string of the molecule is C=C(C)/C=C\C(=C)OCCC.CC. The van der Waals surface area contributed by atoms with Crippen molar-refractivity contribution in [1.29, 1.82) is 0 Å². The maximum absolute atomic E-state index is 5.22. The zero-order valence-corrected chi connectivity index (χ0v) is 9.39. The molecule has 0 aliphatic carbocycles.